The minimum Gasteiger partial charge on any atom is -0.461 e. The average Bonchev–Trinajstić information content (AvgIpc) is 2.97. The number of carbonyl (C=O) groups is 3. The van der Waals surface area contributed by atoms with Crippen molar-refractivity contribution in [2.24, 2.45) is 5.92 Å². The van der Waals surface area contributed by atoms with Crippen LogP contribution in [0.3, 0.4) is 0 Å². The number of ketones is 1. The van der Waals surface area contributed by atoms with E-state index in [2.05, 4.69) is 4.79 Å². The van der Waals surface area contributed by atoms with Crippen molar-refractivity contribution in [3.63, 3.8) is 0 Å². The summed E-state index contributed by atoms with van der Waals surface area (Å²) in [5.74, 6) is -1.98. The van der Waals surface area contributed by atoms with Crippen molar-refractivity contribution in [2.45, 2.75) is 13.8 Å². The Morgan fingerprint density at radius 1 is 1.17 bits per heavy atom. The van der Waals surface area contributed by atoms with Gasteiger partial charge < -0.3 is 15.0 Å². The molecule has 0 heterocycles. The van der Waals surface area contributed by atoms with Crippen LogP contribution in [0.4, 0.5) is 0 Å². The van der Waals surface area contributed by atoms with E-state index >= 15 is 0 Å². The number of hydrogen-bond acceptors (Lipinski definition) is 5. The molecule has 0 aromatic rings. The van der Waals surface area contributed by atoms with Crippen LogP contribution in [0, 0.1) is 5.92 Å². The summed E-state index contributed by atoms with van der Waals surface area (Å²) in [6.45, 7) is 2.45. The molecule has 0 amide bonds. The molecule has 1 aliphatic rings. The van der Waals surface area contributed by atoms with Crippen LogP contribution in [0.1, 0.15) is 13.8 Å². The molecule has 0 N–H and O–H groups in total. The molecule has 0 unspecified atom stereocenters. The summed E-state index contributed by atoms with van der Waals surface area (Å²) >= 11 is 0. The normalized spacial score (nSPS) is 13.7. The lowest BCUT2D eigenvalue weighted by Crippen LogP contribution is -2.10. The van der Waals surface area contributed by atoms with Crippen LogP contribution in [-0.2, 0) is 23.9 Å². The van der Waals surface area contributed by atoms with Gasteiger partial charge in [0, 0.05) is 13.8 Å². The fraction of sp³-hybridized carbons (Fsp3) is 0.455. The molecule has 7 heteroatoms. The highest BCUT2D eigenvalue weighted by molar-refractivity contribution is 6.29. The van der Waals surface area contributed by atoms with Gasteiger partial charge in [0.15, 0.2) is 0 Å². The van der Waals surface area contributed by atoms with Crippen LogP contribution < -0.4 is 0 Å². The van der Waals surface area contributed by atoms with Gasteiger partial charge in [0.05, 0.1) is 5.92 Å². The Bertz CT molecular complexity index is 446. The lowest BCUT2D eigenvalue weighted by atomic mass is 10.2. The topological polar surface area (TPSA) is 106 Å². The first kappa shape index (κ1) is 13.8. The van der Waals surface area contributed by atoms with Crippen molar-refractivity contribution >= 4 is 23.9 Å². The Kier molecular flexibility index (Phi) is 4.51. The fourth-order valence-corrected chi connectivity index (χ4v) is 1.50. The maximum absolute atomic E-state index is 11.5. The number of Topliss-reactive ketones (excluding diaryl/α,β-unsaturated/α-hetero) is 1. The van der Waals surface area contributed by atoms with Gasteiger partial charge in [-0.05, 0) is 11.1 Å². The van der Waals surface area contributed by atoms with Crippen molar-refractivity contribution < 1.29 is 28.6 Å². The minimum absolute atomic E-state index is 0.0262. The highest BCUT2D eigenvalue weighted by atomic mass is 16.5. The van der Waals surface area contributed by atoms with Gasteiger partial charge in [-0.25, -0.2) is 0 Å². The molecule has 0 aromatic carbocycles. The molecule has 1 aliphatic carbocycles. The first-order valence-corrected chi connectivity index (χ1v) is 5.17. The van der Waals surface area contributed by atoms with Crippen LogP contribution in [0.25, 0.3) is 5.53 Å². The zero-order valence-electron chi connectivity index (χ0n) is 10.0. The summed E-state index contributed by atoms with van der Waals surface area (Å²) in [6, 6.07) is 0. The number of hydrogen-bond donors (Lipinski definition) is 0. The molecule has 7 nitrogen and oxygen atoms in total. The number of esters is 2. The van der Waals surface area contributed by atoms with E-state index in [4.69, 9.17) is 15.0 Å². The predicted octanol–water partition coefficient (Wildman–Crippen LogP) is -0.0913. The van der Waals surface area contributed by atoms with Crippen molar-refractivity contribution in [1.29, 1.82) is 0 Å². The second-order valence-electron chi connectivity index (χ2n) is 3.69. The van der Waals surface area contributed by atoms with Crippen LogP contribution in [0.2, 0.25) is 0 Å². The highest BCUT2D eigenvalue weighted by Gasteiger charge is 2.43. The fourth-order valence-electron chi connectivity index (χ4n) is 1.50. The number of ether oxygens (including phenoxy) is 2. The summed E-state index contributed by atoms with van der Waals surface area (Å²) in [5.41, 5.74) is 9.44. The predicted molar refractivity (Wildman–Crippen MR) is 58.5 cm³/mol. The summed E-state index contributed by atoms with van der Waals surface area (Å²) < 4.78 is 9.53. The largest absolute Gasteiger partial charge is 0.461 e. The van der Waals surface area contributed by atoms with Crippen LogP contribution in [-0.4, -0.2) is 41.9 Å². The Hall–Kier alpha value is -2.27. The molecule has 0 bridgehead atoms. The maximum Gasteiger partial charge on any atom is 0.324 e. The maximum atomic E-state index is 11.5. The minimum atomic E-state index is -0.598. The third-order valence-electron chi connectivity index (χ3n) is 2.36. The molecule has 0 aliphatic heterocycles. The standard InChI is InChI=1S/C11H12N2O5/c1-6(14)17-4-8-9(5-18-7(2)15)11(8)10(16)3-13-12/h3,11H,4-5H2,1-2H3. The zero-order valence-corrected chi connectivity index (χ0v) is 10.0. The van der Waals surface area contributed by atoms with Gasteiger partial charge in [-0.3, -0.25) is 14.4 Å². The van der Waals surface area contributed by atoms with Crippen LogP contribution in [0.15, 0.2) is 11.1 Å². The third kappa shape index (κ3) is 3.64. The number of nitrogens with zero attached hydrogens (tertiary/aromatic N) is 2. The van der Waals surface area contributed by atoms with Crippen LogP contribution >= 0.6 is 0 Å². The van der Waals surface area contributed by atoms with Gasteiger partial charge in [0.1, 0.15) is 13.2 Å². The third-order valence-corrected chi connectivity index (χ3v) is 2.36. The molecule has 18 heavy (non-hydrogen) atoms. The molecule has 0 spiro atoms. The molecule has 0 radical (unpaired) electrons. The number of carbonyl (C=O) groups excluding carboxylic acids is 3. The van der Waals surface area contributed by atoms with Crippen molar-refractivity contribution in [3.8, 4) is 0 Å². The molecule has 1 rings (SSSR count). The van der Waals surface area contributed by atoms with Gasteiger partial charge in [-0.2, -0.15) is 4.79 Å². The van der Waals surface area contributed by atoms with E-state index in [1.54, 1.807) is 0 Å². The average molecular weight is 252 g/mol. The molecular weight excluding hydrogens is 240 g/mol. The summed E-state index contributed by atoms with van der Waals surface area (Å²) in [6.07, 6.45) is 0.763. The summed E-state index contributed by atoms with van der Waals surface area (Å²) in [4.78, 5) is 35.5. The molecule has 0 atom stereocenters. The van der Waals surface area contributed by atoms with Gasteiger partial charge in [-0.1, -0.05) is 0 Å². The Balaban J connectivity index is 2.64. The second kappa shape index (κ2) is 5.88. The van der Waals surface area contributed by atoms with Crippen molar-refractivity contribution in [2.75, 3.05) is 13.2 Å². The van der Waals surface area contributed by atoms with E-state index in [0.29, 0.717) is 11.1 Å². The number of rotatable bonds is 6. The Morgan fingerprint density at radius 3 is 1.94 bits per heavy atom. The van der Waals surface area contributed by atoms with Crippen LogP contribution in [0.5, 0.6) is 0 Å². The van der Waals surface area contributed by atoms with E-state index in [0.717, 1.165) is 6.21 Å². The molecule has 0 fully saturated rings. The Labute approximate surface area is 103 Å². The first-order valence-electron chi connectivity index (χ1n) is 5.17. The summed E-state index contributed by atoms with van der Waals surface area (Å²) in [7, 11) is 0. The molecule has 0 saturated carbocycles. The molecule has 0 saturated heterocycles. The lowest BCUT2D eigenvalue weighted by molar-refractivity contribution is -0.141. The molecular formula is C11H12N2O5. The van der Waals surface area contributed by atoms with Gasteiger partial charge >= 0.3 is 18.2 Å². The second-order valence-corrected chi connectivity index (χ2v) is 3.69. The SMILES string of the molecule is CC(=O)OCC1=C(COC(C)=O)C1C(=O)C=[N+]=[N-]. The highest BCUT2D eigenvalue weighted by Crippen LogP contribution is 2.40. The van der Waals surface area contributed by atoms with E-state index in [1.165, 1.54) is 13.8 Å². The first-order chi connectivity index (χ1) is 8.47. The van der Waals surface area contributed by atoms with E-state index in [-0.39, 0.29) is 13.2 Å². The smallest absolute Gasteiger partial charge is 0.324 e. The van der Waals surface area contributed by atoms with Crippen molar-refractivity contribution in [1.82, 2.24) is 0 Å². The van der Waals surface area contributed by atoms with E-state index < -0.39 is 23.6 Å². The summed E-state index contributed by atoms with van der Waals surface area (Å²) in [5, 5.41) is 0. The molecule has 0 aromatic heterocycles. The molecule has 96 valence electrons. The zero-order chi connectivity index (χ0) is 13.7. The quantitative estimate of drug-likeness (QED) is 0.216. The van der Waals surface area contributed by atoms with Crippen molar-refractivity contribution in [3.05, 3.63) is 16.7 Å². The van der Waals surface area contributed by atoms with Gasteiger partial charge in [0.2, 0.25) is 5.78 Å². The Morgan fingerprint density at radius 2 is 1.61 bits per heavy atom. The van der Waals surface area contributed by atoms with Gasteiger partial charge in [0.25, 0.3) is 0 Å². The monoisotopic (exact) mass is 252 g/mol. The van der Waals surface area contributed by atoms with E-state index in [9.17, 15) is 14.4 Å². The van der Waals surface area contributed by atoms with Gasteiger partial charge in [-0.15, -0.1) is 0 Å². The van der Waals surface area contributed by atoms with E-state index in [1.807, 2.05) is 0 Å². The lowest BCUT2D eigenvalue weighted by Gasteiger charge is -1.96.